The number of nitrogens with one attached hydrogen (secondary N) is 1. The Morgan fingerprint density at radius 2 is 2.05 bits per heavy atom. The number of amides is 1. The lowest BCUT2D eigenvalue weighted by molar-refractivity contribution is 0.0942. The first-order valence-electron chi connectivity index (χ1n) is 6.42. The number of alkyl halides is 1. The number of para-hydroxylation sites is 1. The van der Waals surface area contributed by atoms with Crippen molar-refractivity contribution in [2.45, 2.75) is 12.8 Å². The molecule has 2 aromatic rings. The predicted molar refractivity (Wildman–Crippen MR) is 79.5 cm³/mol. The maximum absolute atomic E-state index is 12.1. The lowest BCUT2D eigenvalue weighted by Crippen LogP contribution is -2.31. The molecule has 1 aromatic carbocycles. The predicted octanol–water partition coefficient (Wildman–Crippen LogP) is 3.14. The largest absolute Gasteiger partial charge is 0.350 e. The van der Waals surface area contributed by atoms with Crippen molar-refractivity contribution in [3.05, 3.63) is 42.1 Å². The molecule has 1 aliphatic carbocycles. The van der Waals surface area contributed by atoms with Crippen LogP contribution in [0.15, 0.2) is 36.4 Å². The summed E-state index contributed by atoms with van der Waals surface area (Å²) in [6.45, 7) is 0.728. The Kier molecular flexibility index (Phi) is 3.27. The quantitative estimate of drug-likeness (QED) is 0.880. The molecular formula is C15H15BrN2O. The molecule has 1 aliphatic rings. The van der Waals surface area contributed by atoms with Crippen LogP contribution in [0.5, 0.6) is 0 Å². The monoisotopic (exact) mass is 318 g/mol. The molecule has 3 nitrogen and oxygen atoms in total. The topological polar surface area (TPSA) is 42.0 Å². The van der Waals surface area contributed by atoms with Gasteiger partial charge in [-0.05, 0) is 30.4 Å². The number of benzene rings is 1. The van der Waals surface area contributed by atoms with Crippen LogP contribution in [-0.4, -0.2) is 22.8 Å². The molecule has 0 aliphatic heterocycles. The van der Waals surface area contributed by atoms with Crippen molar-refractivity contribution in [2.24, 2.45) is 5.41 Å². The van der Waals surface area contributed by atoms with E-state index in [4.69, 9.17) is 0 Å². The number of pyridine rings is 1. The van der Waals surface area contributed by atoms with E-state index in [1.54, 1.807) is 6.07 Å². The molecule has 3 rings (SSSR count). The molecule has 0 radical (unpaired) electrons. The number of fused-ring (bicyclic) bond motifs is 1. The molecule has 1 N–H and O–H groups in total. The van der Waals surface area contributed by atoms with Crippen molar-refractivity contribution in [3.63, 3.8) is 0 Å². The molecular weight excluding hydrogens is 304 g/mol. The van der Waals surface area contributed by atoms with E-state index >= 15 is 0 Å². The third-order valence-corrected chi connectivity index (χ3v) is 4.89. The molecule has 1 saturated carbocycles. The second-order valence-electron chi connectivity index (χ2n) is 5.21. The van der Waals surface area contributed by atoms with E-state index in [0.29, 0.717) is 5.69 Å². The molecule has 0 saturated heterocycles. The summed E-state index contributed by atoms with van der Waals surface area (Å²) in [6, 6.07) is 11.5. The van der Waals surface area contributed by atoms with Gasteiger partial charge in [0.1, 0.15) is 5.69 Å². The fourth-order valence-electron chi connectivity index (χ4n) is 2.09. The van der Waals surface area contributed by atoms with Crippen LogP contribution in [0, 0.1) is 5.41 Å². The van der Waals surface area contributed by atoms with Crippen molar-refractivity contribution >= 4 is 32.7 Å². The van der Waals surface area contributed by atoms with E-state index in [1.165, 1.54) is 12.8 Å². The second-order valence-corrected chi connectivity index (χ2v) is 5.77. The normalized spacial score (nSPS) is 16.3. The summed E-state index contributed by atoms with van der Waals surface area (Å²) in [7, 11) is 0. The summed E-state index contributed by atoms with van der Waals surface area (Å²) in [5.41, 5.74) is 1.63. The van der Waals surface area contributed by atoms with Gasteiger partial charge in [-0.1, -0.05) is 40.2 Å². The van der Waals surface area contributed by atoms with Gasteiger partial charge in [0.2, 0.25) is 0 Å². The van der Waals surface area contributed by atoms with Crippen molar-refractivity contribution < 1.29 is 4.79 Å². The minimum Gasteiger partial charge on any atom is -0.350 e. The van der Waals surface area contributed by atoms with Gasteiger partial charge in [0.15, 0.2) is 0 Å². The van der Waals surface area contributed by atoms with E-state index in [1.807, 2.05) is 30.3 Å². The van der Waals surface area contributed by atoms with Gasteiger partial charge in [-0.15, -0.1) is 0 Å². The van der Waals surface area contributed by atoms with Crippen LogP contribution in [-0.2, 0) is 0 Å². The molecule has 1 amide bonds. The SMILES string of the molecule is O=C(NCC1(CBr)CC1)c1ccc2ccccc2n1. The first kappa shape index (κ1) is 12.6. The number of carbonyl (C=O) groups is 1. The third kappa shape index (κ3) is 2.63. The van der Waals surface area contributed by atoms with E-state index in [-0.39, 0.29) is 11.3 Å². The number of nitrogens with zero attached hydrogens (tertiary/aromatic N) is 1. The fourth-order valence-corrected chi connectivity index (χ4v) is 2.84. The molecule has 0 spiro atoms. The van der Waals surface area contributed by atoms with Crippen molar-refractivity contribution in [3.8, 4) is 0 Å². The van der Waals surface area contributed by atoms with E-state index in [0.717, 1.165) is 22.8 Å². The number of carbonyl (C=O) groups excluding carboxylic acids is 1. The smallest absolute Gasteiger partial charge is 0.269 e. The molecule has 1 fully saturated rings. The Balaban J connectivity index is 1.74. The van der Waals surface area contributed by atoms with Gasteiger partial charge in [0, 0.05) is 17.3 Å². The van der Waals surface area contributed by atoms with Gasteiger partial charge < -0.3 is 5.32 Å². The van der Waals surface area contributed by atoms with Crippen LogP contribution in [0.1, 0.15) is 23.3 Å². The first-order valence-corrected chi connectivity index (χ1v) is 7.55. The molecule has 4 heteroatoms. The summed E-state index contributed by atoms with van der Waals surface area (Å²) in [5, 5.41) is 4.99. The zero-order valence-electron chi connectivity index (χ0n) is 10.5. The molecule has 0 unspecified atom stereocenters. The highest BCUT2D eigenvalue weighted by atomic mass is 79.9. The van der Waals surface area contributed by atoms with Crippen molar-refractivity contribution in [2.75, 3.05) is 11.9 Å². The highest BCUT2D eigenvalue weighted by Gasteiger charge is 2.41. The van der Waals surface area contributed by atoms with Gasteiger partial charge >= 0.3 is 0 Å². The second kappa shape index (κ2) is 4.93. The van der Waals surface area contributed by atoms with Crippen LogP contribution in [0.2, 0.25) is 0 Å². The Hall–Kier alpha value is -1.42. The minimum absolute atomic E-state index is 0.0852. The molecule has 0 atom stereocenters. The molecule has 1 heterocycles. The molecule has 19 heavy (non-hydrogen) atoms. The number of halogens is 1. The summed E-state index contributed by atoms with van der Waals surface area (Å²) in [4.78, 5) is 16.5. The zero-order chi connectivity index (χ0) is 13.3. The number of hydrogen-bond acceptors (Lipinski definition) is 2. The maximum Gasteiger partial charge on any atom is 0.269 e. The van der Waals surface area contributed by atoms with Crippen molar-refractivity contribution in [1.29, 1.82) is 0 Å². The molecule has 1 aromatic heterocycles. The summed E-state index contributed by atoms with van der Waals surface area (Å²) >= 11 is 3.51. The highest BCUT2D eigenvalue weighted by Crippen LogP contribution is 2.46. The molecule has 0 bridgehead atoms. The highest BCUT2D eigenvalue weighted by molar-refractivity contribution is 9.09. The Labute approximate surface area is 120 Å². The summed E-state index contributed by atoms with van der Waals surface area (Å²) in [5.74, 6) is -0.0852. The van der Waals surface area contributed by atoms with E-state index in [9.17, 15) is 4.79 Å². The number of hydrogen-bond donors (Lipinski definition) is 1. The van der Waals surface area contributed by atoms with Gasteiger partial charge in [0.05, 0.1) is 5.52 Å². The van der Waals surface area contributed by atoms with E-state index in [2.05, 4.69) is 26.2 Å². The standard InChI is InChI=1S/C15H15BrN2O/c16-9-15(7-8-15)10-17-14(19)13-6-5-11-3-1-2-4-12(11)18-13/h1-6H,7-10H2,(H,17,19). The Morgan fingerprint density at radius 3 is 2.79 bits per heavy atom. The fraction of sp³-hybridized carbons (Fsp3) is 0.333. The van der Waals surface area contributed by atoms with Crippen LogP contribution in [0.25, 0.3) is 10.9 Å². The van der Waals surface area contributed by atoms with Gasteiger partial charge in [0.25, 0.3) is 5.91 Å². The average Bonchev–Trinajstić information content (AvgIpc) is 3.25. The number of rotatable bonds is 4. The Morgan fingerprint density at radius 1 is 1.26 bits per heavy atom. The van der Waals surface area contributed by atoms with Crippen LogP contribution in [0.3, 0.4) is 0 Å². The van der Waals surface area contributed by atoms with Crippen LogP contribution in [0.4, 0.5) is 0 Å². The van der Waals surface area contributed by atoms with Gasteiger partial charge in [-0.2, -0.15) is 0 Å². The first-order chi connectivity index (χ1) is 9.22. The van der Waals surface area contributed by atoms with Crippen LogP contribution < -0.4 is 5.32 Å². The van der Waals surface area contributed by atoms with Crippen LogP contribution >= 0.6 is 15.9 Å². The van der Waals surface area contributed by atoms with E-state index < -0.39 is 0 Å². The van der Waals surface area contributed by atoms with Gasteiger partial charge in [-0.25, -0.2) is 4.98 Å². The lowest BCUT2D eigenvalue weighted by Gasteiger charge is -2.12. The zero-order valence-corrected chi connectivity index (χ0v) is 12.1. The number of aromatic nitrogens is 1. The third-order valence-electron chi connectivity index (χ3n) is 3.70. The molecule has 98 valence electrons. The lowest BCUT2D eigenvalue weighted by atomic mass is 10.1. The average molecular weight is 319 g/mol. The minimum atomic E-state index is -0.0852. The Bertz CT molecular complexity index is 622. The summed E-state index contributed by atoms with van der Waals surface area (Å²) < 4.78 is 0. The van der Waals surface area contributed by atoms with Gasteiger partial charge in [-0.3, -0.25) is 4.79 Å². The maximum atomic E-state index is 12.1. The van der Waals surface area contributed by atoms with Crippen molar-refractivity contribution in [1.82, 2.24) is 10.3 Å². The summed E-state index contributed by atoms with van der Waals surface area (Å²) in [6.07, 6.45) is 2.37.